The number of carboxylic acid groups (broad SMARTS) is 2. The Hall–Kier alpha value is -5.30. The van der Waals surface area contributed by atoms with Gasteiger partial charge in [0.15, 0.2) is 5.96 Å². The molecule has 276 valence electrons. The van der Waals surface area contributed by atoms with Crippen molar-refractivity contribution < 1.29 is 56.9 Å². The fourth-order valence-corrected chi connectivity index (χ4v) is 3.81. The summed E-state index contributed by atoms with van der Waals surface area (Å²) in [7, 11) is 0. The lowest BCUT2D eigenvalue weighted by Crippen LogP contribution is -2.57. The monoisotopic (exact) mass is 706 g/mol. The highest BCUT2D eigenvalue weighted by molar-refractivity contribution is 5.92. The van der Waals surface area contributed by atoms with Gasteiger partial charge in [-0.15, -0.1) is 0 Å². The van der Waals surface area contributed by atoms with E-state index in [0.29, 0.717) is 19.3 Å². The Balaban J connectivity index is 0.00000295. The molecular weight excluding hydrogens is 661 g/mol. The number of ether oxygens (including phenoxy) is 1. The predicted octanol–water partition coefficient (Wildman–Crippen LogP) is 0.907. The van der Waals surface area contributed by atoms with Gasteiger partial charge in [0.05, 0.1) is 0 Å². The minimum atomic E-state index is -5.08. The zero-order valence-corrected chi connectivity index (χ0v) is 27.1. The van der Waals surface area contributed by atoms with Crippen molar-refractivity contribution in [3.8, 4) is 0 Å². The number of nitrogens with zero attached hydrogens (tertiary/aromatic N) is 1. The number of alkyl halides is 3. The molecule has 0 radical (unpaired) electrons. The van der Waals surface area contributed by atoms with Crippen molar-refractivity contribution in [2.45, 2.75) is 83.3 Å². The summed E-state index contributed by atoms with van der Waals surface area (Å²) in [6, 6.07) is 4.98. The van der Waals surface area contributed by atoms with Crippen LogP contribution in [0.2, 0.25) is 0 Å². The summed E-state index contributed by atoms with van der Waals surface area (Å²) < 4.78 is 36.9. The molecule has 17 nitrogen and oxygen atoms in total. The second kappa shape index (κ2) is 23.1. The van der Waals surface area contributed by atoms with E-state index < -0.39 is 60.2 Å². The van der Waals surface area contributed by atoms with E-state index in [-0.39, 0.29) is 50.8 Å². The van der Waals surface area contributed by atoms with Crippen molar-refractivity contribution in [3.05, 3.63) is 35.9 Å². The Morgan fingerprint density at radius 2 is 1.47 bits per heavy atom. The van der Waals surface area contributed by atoms with E-state index in [4.69, 9.17) is 31.8 Å². The van der Waals surface area contributed by atoms with Crippen molar-refractivity contribution >= 4 is 41.8 Å². The smallest absolute Gasteiger partial charge is 0.480 e. The van der Waals surface area contributed by atoms with Gasteiger partial charge in [-0.25, -0.2) is 19.2 Å². The van der Waals surface area contributed by atoms with Gasteiger partial charge in [0.25, 0.3) is 0 Å². The fraction of sp³-hybridized carbons (Fsp3) is 0.552. The number of benzene rings is 1. The molecule has 0 fully saturated rings. The maximum absolute atomic E-state index is 13.1. The Morgan fingerprint density at radius 3 is 1.98 bits per heavy atom. The molecule has 0 aliphatic carbocycles. The van der Waals surface area contributed by atoms with Crippen LogP contribution in [0.25, 0.3) is 0 Å². The molecule has 0 aliphatic heterocycles. The maximum Gasteiger partial charge on any atom is 0.490 e. The van der Waals surface area contributed by atoms with E-state index in [1.54, 1.807) is 6.92 Å². The molecule has 49 heavy (non-hydrogen) atoms. The van der Waals surface area contributed by atoms with E-state index >= 15 is 0 Å². The van der Waals surface area contributed by atoms with Gasteiger partial charge in [-0.3, -0.25) is 14.6 Å². The van der Waals surface area contributed by atoms with Gasteiger partial charge < -0.3 is 53.4 Å². The number of guanidine groups is 1. The first-order valence-electron chi connectivity index (χ1n) is 15.1. The molecule has 4 atom stereocenters. The second-order valence-corrected chi connectivity index (χ2v) is 10.6. The number of carboxylic acids is 2. The molecule has 0 saturated carbocycles. The second-order valence-electron chi connectivity index (χ2n) is 10.6. The molecule has 0 unspecified atom stereocenters. The number of hydrogen-bond donors (Lipinski definition) is 9. The number of alkyl carbamates (subject to hydrolysis) is 1. The number of rotatable bonds is 19. The van der Waals surface area contributed by atoms with Gasteiger partial charge in [-0.1, -0.05) is 50.6 Å². The average Bonchev–Trinajstić information content (AvgIpc) is 3.02. The van der Waals surface area contributed by atoms with Crippen LogP contribution in [0.3, 0.4) is 0 Å². The van der Waals surface area contributed by atoms with E-state index in [2.05, 4.69) is 26.3 Å². The first kappa shape index (κ1) is 43.7. The third-order valence-electron chi connectivity index (χ3n) is 6.63. The quantitative estimate of drug-likeness (QED) is 0.0553. The number of nitrogens with two attached hydrogens (primary N) is 3. The lowest BCUT2D eigenvalue weighted by Gasteiger charge is -2.25. The van der Waals surface area contributed by atoms with Crippen molar-refractivity contribution in [1.29, 1.82) is 0 Å². The summed E-state index contributed by atoms with van der Waals surface area (Å²) in [6.45, 7) is 4.15. The van der Waals surface area contributed by atoms with Crippen LogP contribution in [0, 0.1) is 5.92 Å². The van der Waals surface area contributed by atoms with Crippen LogP contribution in [0.15, 0.2) is 35.3 Å². The third-order valence-corrected chi connectivity index (χ3v) is 6.63. The summed E-state index contributed by atoms with van der Waals surface area (Å²) in [4.78, 5) is 74.0. The number of carbonyl (C=O) groups is 6. The Kier molecular flexibility index (Phi) is 20.6. The summed E-state index contributed by atoms with van der Waals surface area (Å²) in [6.07, 6.45) is -3.81. The number of hydrogen-bond acceptors (Lipinski definition) is 8. The lowest BCUT2D eigenvalue weighted by atomic mass is 9.98. The average molecular weight is 707 g/mol. The molecule has 1 rings (SSSR count). The molecule has 20 heteroatoms. The number of urea groups is 1. The number of unbranched alkanes of at least 4 members (excludes halogenated alkanes) is 1. The van der Waals surface area contributed by atoms with Crippen LogP contribution in [-0.2, 0) is 30.5 Å². The van der Waals surface area contributed by atoms with Crippen LogP contribution < -0.4 is 38.5 Å². The van der Waals surface area contributed by atoms with E-state index in [0.717, 1.165) is 5.56 Å². The summed E-state index contributed by atoms with van der Waals surface area (Å²) in [5.41, 5.74) is 16.8. The Labute approximate surface area is 280 Å². The predicted molar refractivity (Wildman–Crippen MR) is 170 cm³/mol. The highest BCUT2D eigenvalue weighted by Crippen LogP contribution is 2.13. The van der Waals surface area contributed by atoms with Gasteiger partial charge in [0, 0.05) is 13.1 Å². The highest BCUT2D eigenvalue weighted by Gasteiger charge is 2.38. The summed E-state index contributed by atoms with van der Waals surface area (Å²) in [5.74, 6) is -5.78. The molecule has 1 aromatic rings. The fourth-order valence-electron chi connectivity index (χ4n) is 3.81. The number of aliphatic carboxylic acids is 2. The normalized spacial score (nSPS) is 13.1. The third kappa shape index (κ3) is 20.5. The van der Waals surface area contributed by atoms with Crippen LogP contribution in [0.1, 0.15) is 57.9 Å². The van der Waals surface area contributed by atoms with E-state index in [1.165, 1.54) is 0 Å². The first-order valence-corrected chi connectivity index (χ1v) is 15.1. The number of primary amides is 1. The topological polar surface area (TPSA) is 291 Å². The summed E-state index contributed by atoms with van der Waals surface area (Å²) >= 11 is 0. The van der Waals surface area contributed by atoms with Crippen LogP contribution in [-0.4, -0.2) is 89.4 Å². The zero-order chi connectivity index (χ0) is 37.6. The maximum atomic E-state index is 13.1. The molecule has 0 bridgehead atoms. The van der Waals surface area contributed by atoms with Gasteiger partial charge in [0.2, 0.25) is 11.8 Å². The van der Waals surface area contributed by atoms with Crippen LogP contribution >= 0.6 is 0 Å². The number of aliphatic imine (C=N–C) groups is 1. The number of halogens is 3. The van der Waals surface area contributed by atoms with Crippen LogP contribution in [0.5, 0.6) is 0 Å². The molecule has 0 aliphatic rings. The molecular formula is C29H45F3N8O9. The van der Waals surface area contributed by atoms with Gasteiger partial charge >= 0.3 is 30.2 Å². The number of nitrogens with one attached hydrogen (secondary N) is 4. The molecule has 0 aromatic heterocycles. The molecule has 5 amide bonds. The van der Waals surface area contributed by atoms with Crippen molar-refractivity contribution in [3.63, 3.8) is 0 Å². The van der Waals surface area contributed by atoms with Crippen LogP contribution in [0.4, 0.5) is 22.8 Å². The minimum absolute atomic E-state index is 0.0419. The van der Waals surface area contributed by atoms with Crippen molar-refractivity contribution in [1.82, 2.24) is 21.3 Å². The minimum Gasteiger partial charge on any atom is -0.480 e. The number of carbonyl (C=O) groups excluding carboxylic acids is 4. The summed E-state index contributed by atoms with van der Waals surface area (Å²) in [5, 5.41) is 26.7. The largest absolute Gasteiger partial charge is 0.490 e. The molecule has 0 saturated heterocycles. The van der Waals surface area contributed by atoms with Crippen molar-refractivity contribution in [2.75, 3.05) is 13.1 Å². The highest BCUT2D eigenvalue weighted by atomic mass is 19.4. The molecule has 12 N–H and O–H groups in total. The first-order chi connectivity index (χ1) is 22.9. The SMILES string of the molecule is CC[C@@H](C)[C@H](NC(=O)[C@@H](CCCCNC(=O)OCc1ccccc1)NC(=O)N[C@@H](CCCN=C(N)N)C(=O)O)C(N)=O.O=C(O)C(F)(F)F. The zero-order valence-electron chi connectivity index (χ0n) is 27.1. The van der Waals surface area contributed by atoms with E-state index in [1.807, 2.05) is 37.3 Å². The lowest BCUT2D eigenvalue weighted by molar-refractivity contribution is -0.192. The van der Waals surface area contributed by atoms with Gasteiger partial charge in [0.1, 0.15) is 24.7 Å². The standard InChI is InChI=1S/C27H44N8O7.C2HF3O2/c1-3-17(2)21(22(28)36)35-23(37)19(33-26(40)34-20(24(38)39)13-9-15-31-25(29)30)12-7-8-14-32-27(41)42-16-18-10-5-4-6-11-18;3-2(4,5)1(6)7/h4-6,10-11,17,19-21H,3,7-9,12-16H2,1-2H3,(H2,28,36)(H,32,41)(H,35,37)(H,38,39)(H4,29,30,31)(H2,33,34,40);(H,6,7)/t17-,19-,20+,21+;/m1./s1. The molecule has 0 heterocycles. The molecule has 1 aromatic carbocycles. The van der Waals surface area contributed by atoms with E-state index in [9.17, 15) is 42.3 Å². The number of amides is 5. The van der Waals surface area contributed by atoms with Crippen molar-refractivity contribution in [2.24, 2.45) is 28.1 Å². The van der Waals surface area contributed by atoms with Gasteiger partial charge in [-0.05, 0) is 43.6 Å². The Morgan fingerprint density at radius 1 is 0.898 bits per heavy atom. The Bertz CT molecular complexity index is 1250. The molecule has 0 spiro atoms. The van der Waals surface area contributed by atoms with Gasteiger partial charge in [-0.2, -0.15) is 13.2 Å².